The quantitative estimate of drug-likeness (QED) is 0.346. The van der Waals surface area contributed by atoms with Crippen LogP contribution >= 0.6 is 0 Å². The van der Waals surface area contributed by atoms with E-state index in [9.17, 15) is 9.59 Å². The molecule has 0 bridgehead atoms. The summed E-state index contributed by atoms with van der Waals surface area (Å²) in [5, 5.41) is 3.90. The van der Waals surface area contributed by atoms with Crippen molar-refractivity contribution in [1.29, 1.82) is 0 Å². The minimum atomic E-state index is -0.278. The number of nitrogens with two attached hydrogens (primary N) is 1. The molecule has 5 rings (SSSR count). The number of nitrogens with zero attached hydrogens (tertiary/aromatic N) is 2. The molecule has 4 aromatic rings. The number of anilines is 1. The first-order valence-corrected chi connectivity index (χ1v) is 12.4. The highest BCUT2D eigenvalue weighted by Gasteiger charge is 2.21. The van der Waals surface area contributed by atoms with E-state index in [1.54, 1.807) is 0 Å². The molecule has 1 aliphatic rings. The third-order valence-electron chi connectivity index (χ3n) is 6.99. The maximum Gasteiger partial charge on any atom is 0.253 e. The lowest BCUT2D eigenvalue weighted by atomic mass is 9.95. The van der Waals surface area contributed by atoms with E-state index in [0.29, 0.717) is 11.3 Å². The first-order chi connectivity index (χ1) is 18.0. The van der Waals surface area contributed by atoms with Crippen LogP contribution in [-0.2, 0) is 11.3 Å². The van der Waals surface area contributed by atoms with E-state index in [-0.39, 0.29) is 18.4 Å². The molecule has 1 aliphatic heterocycles. The number of aromatic nitrogens is 1. The number of hydrogen-bond acceptors (Lipinski definition) is 4. The fourth-order valence-electron chi connectivity index (χ4n) is 4.92. The highest BCUT2D eigenvalue weighted by atomic mass is 16.2. The summed E-state index contributed by atoms with van der Waals surface area (Å²) >= 11 is 0. The molecule has 37 heavy (non-hydrogen) atoms. The number of carbonyl (C=O) groups is 2. The van der Waals surface area contributed by atoms with E-state index in [1.165, 1.54) is 6.08 Å². The molecule has 0 unspecified atom stereocenters. The van der Waals surface area contributed by atoms with Crippen molar-refractivity contribution >= 4 is 28.4 Å². The molecular weight excluding hydrogens is 462 g/mol. The van der Waals surface area contributed by atoms with Gasteiger partial charge in [-0.2, -0.15) is 0 Å². The number of aromatic amines is 1. The van der Waals surface area contributed by atoms with Crippen LogP contribution in [0.5, 0.6) is 0 Å². The molecule has 3 aromatic carbocycles. The van der Waals surface area contributed by atoms with E-state index in [4.69, 9.17) is 5.73 Å². The smallest absolute Gasteiger partial charge is 0.253 e. The zero-order valence-electron chi connectivity index (χ0n) is 21.0. The Morgan fingerprint density at radius 1 is 1.00 bits per heavy atom. The largest absolute Gasteiger partial charge is 0.355 e. The first-order valence-electron chi connectivity index (χ1n) is 12.4. The number of likely N-dealkylation sites (N-methyl/N-ethyl adjacent to an activating group) is 1. The predicted octanol–water partition coefficient (Wildman–Crippen LogP) is 4.47. The van der Waals surface area contributed by atoms with Gasteiger partial charge in [0.15, 0.2) is 0 Å². The number of hydrogen-bond donors (Lipinski definition) is 3. The van der Waals surface area contributed by atoms with Gasteiger partial charge in [0.1, 0.15) is 0 Å². The van der Waals surface area contributed by atoms with Crippen molar-refractivity contribution in [3.8, 4) is 22.4 Å². The van der Waals surface area contributed by atoms with Crippen molar-refractivity contribution in [1.82, 2.24) is 14.8 Å². The number of rotatable bonds is 6. The van der Waals surface area contributed by atoms with E-state index < -0.39 is 0 Å². The number of amides is 2. The summed E-state index contributed by atoms with van der Waals surface area (Å²) in [6.45, 7) is 7.07. The molecule has 2 heterocycles. The number of benzene rings is 3. The number of H-pyrrole nitrogens is 1. The van der Waals surface area contributed by atoms with Gasteiger partial charge in [-0.3, -0.25) is 9.59 Å². The minimum Gasteiger partial charge on any atom is -0.355 e. The Morgan fingerprint density at radius 3 is 2.49 bits per heavy atom. The molecule has 1 saturated heterocycles. The molecule has 7 heteroatoms. The zero-order chi connectivity index (χ0) is 25.9. The van der Waals surface area contributed by atoms with Crippen LogP contribution in [0.4, 0.5) is 5.69 Å². The summed E-state index contributed by atoms with van der Waals surface area (Å²) in [5.41, 5.74) is 13.2. The average molecular weight is 494 g/mol. The van der Waals surface area contributed by atoms with Gasteiger partial charge in [0.25, 0.3) is 5.91 Å². The van der Waals surface area contributed by atoms with Gasteiger partial charge in [-0.05, 0) is 65.7 Å². The van der Waals surface area contributed by atoms with Gasteiger partial charge in [-0.25, -0.2) is 0 Å². The van der Waals surface area contributed by atoms with Gasteiger partial charge in [-0.1, -0.05) is 43.0 Å². The summed E-state index contributed by atoms with van der Waals surface area (Å²) < 4.78 is 0. The van der Waals surface area contributed by atoms with Crippen molar-refractivity contribution in [2.45, 2.75) is 6.54 Å². The van der Waals surface area contributed by atoms with Crippen LogP contribution in [0.15, 0.2) is 79.4 Å². The normalized spacial score (nSPS) is 14.1. The van der Waals surface area contributed by atoms with Crippen LogP contribution in [-0.4, -0.2) is 59.8 Å². The summed E-state index contributed by atoms with van der Waals surface area (Å²) in [7, 11) is 2.08. The molecule has 0 spiro atoms. The number of carbonyl (C=O) groups excluding carboxylic acids is 2. The molecule has 0 radical (unpaired) electrons. The lowest BCUT2D eigenvalue weighted by Gasteiger charge is -2.32. The van der Waals surface area contributed by atoms with Crippen molar-refractivity contribution < 1.29 is 9.59 Å². The Balaban J connectivity index is 1.52. The minimum absolute atomic E-state index is 0.0673. The Labute approximate surface area is 216 Å². The monoisotopic (exact) mass is 493 g/mol. The molecule has 2 amide bonds. The second kappa shape index (κ2) is 10.4. The molecule has 1 aromatic heterocycles. The van der Waals surface area contributed by atoms with Crippen LogP contribution in [0.25, 0.3) is 33.3 Å². The number of piperazine rings is 1. The summed E-state index contributed by atoms with van der Waals surface area (Å²) in [6.07, 6.45) is 1.24. The van der Waals surface area contributed by atoms with Gasteiger partial charge in [0.2, 0.25) is 5.91 Å². The standard InChI is InChI=1S/C30H31N5O2/c1-3-29(36)33-27-12-6-10-23(25(27)19-31)22-9-5-11-26-24(22)18-28(32-26)20-7-4-8-21(17-20)30(37)35-15-13-34(2)14-16-35/h3-12,17-18,32H,1,13-16,19,31H2,2H3,(H,33,36). The molecule has 4 N–H and O–H groups in total. The lowest BCUT2D eigenvalue weighted by molar-refractivity contribution is -0.111. The predicted molar refractivity (Wildman–Crippen MR) is 149 cm³/mol. The van der Waals surface area contributed by atoms with E-state index in [0.717, 1.165) is 65.0 Å². The van der Waals surface area contributed by atoms with Crippen molar-refractivity contribution in [2.75, 3.05) is 38.5 Å². The first kappa shape index (κ1) is 24.5. The van der Waals surface area contributed by atoms with Gasteiger partial charge >= 0.3 is 0 Å². The van der Waals surface area contributed by atoms with Crippen LogP contribution in [0.3, 0.4) is 0 Å². The molecule has 0 saturated carbocycles. The SMILES string of the molecule is C=CC(=O)Nc1cccc(-c2cccc3[nH]c(-c4cccc(C(=O)N5CCN(C)CC5)c4)cc23)c1CN. The number of fused-ring (bicyclic) bond motifs is 1. The van der Waals surface area contributed by atoms with Crippen molar-refractivity contribution in [2.24, 2.45) is 5.73 Å². The molecule has 0 atom stereocenters. The van der Waals surface area contributed by atoms with Crippen LogP contribution in [0.1, 0.15) is 15.9 Å². The Bertz CT molecular complexity index is 1480. The fourth-order valence-corrected chi connectivity index (χ4v) is 4.92. The number of nitrogens with one attached hydrogen (secondary N) is 2. The summed E-state index contributed by atoms with van der Waals surface area (Å²) in [6, 6.07) is 21.8. The summed E-state index contributed by atoms with van der Waals surface area (Å²) in [4.78, 5) is 32.8. The lowest BCUT2D eigenvalue weighted by Crippen LogP contribution is -2.47. The fraction of sp³-hybridized carbons (Fsp3) is 0.200. The highest BCUT2D eigenvalue weighted by molar-refractivity contribution is 6.03. The van der Waals surface area contributed by atoms with Crippen molar-refractivity contribution in [3.05, 3.63) is 90.5 Å². The van der Waals surface area contributed by atoms with Gasteiger partial charge in [0.05, 0.1) is 0 Å². The molecule has 188 valence electrons. The molecule has 0 aliphatic carbocycles. The second-order valence-electron chi connectivity index (χ2n) is 9.36. The topological polar surface area (TPSA) is 94.5 Å². The van der Waals surface area contributed by atoms with Crippen LogP contribution < -0.4 is 11.1 Å². The van der Waals surface area contributed by atoms with Gasteiger partial charge < -0.3 is 25.8 Å². The van der Waals surface area contributed by atoms with Crippen LogP contribution in [0, 0.1) is 0 Å². The van der Waals surface area contributed by atoms with E-state index >= 15 is 0 Å². The molecule has 1 fully saturated rings. The van der Waals surface area contributed by atoms with E-state index in [2.05, 4.69) is 41.0 Å². The van der Waals surface area contributed by atoms with Gasteiger partial charge in [-0.15, -0.1) is 0 Å². The maximum atomic E-state index is 13.2. The Morgan fingerprint density at radius 2 is 1.73 bits per heavy atom. The third kappa shape index (κ3) is 4.91. The highest BCUT2D eigenvalue weighted by Crippen LogP contribution is 2.36. The average Bonchev–Trinajstić information content (AvgIpc) is 3.38. The zero-order valence-corrected chi connectivity index (χ0v) is 21.0. The Kier molecular flexibility index (Phi) is 6.90. The summed E-state index contributed by atoms with van der Waals surface area (Å²) in [5.74, 6) is -0.210. The molecule has 7 nitrogen and oxygen atoms in total. The van der Waals surface area contributed by atoms with E-state index in [1.807, 2.05) is 59.5 Å². The van der Waals surface area contributed by atoms with Crippen molar-refractivity contribution in [3.63, 3.8) is 0 Å². The van der Waals surface area contributed by atoms with Gasteiger partial charge in [0, 0.05) is 60.6 Å². The Hall–Kier alpha value is -4.20. The second-order valence-corrected chi connectivity index (χ2v) is 9.36. The molecular formula is C30H31N5O2. The van der Waals surface area contributed by atoms with Crippen LogP contribution in [0.2, 0.25) is 0 Å². The maximum absolute atomic E-state index is 13.2. The third-order valence-corrected chi connectivity index (χ3v) is 6.99.